The van der Waals surface area contributed by atoms with Crippen molar-refractivity contribution >= 4 is 23.6 Å². The Bertz CT molecular complexity index is 884. The predicted molar refractivity (Wildman–Crippen MR) is 104 cm³/mol. The van der Waals surface area contributed by atoms with Crippen molar-refractivity contribution in [2.75, 3.05) is 12.4 Å². The minimum absolute atomic E-state index is 0.436. The molecule has 2 rings (SSSR count). The minimum Gasteiger partial charge on any atom is -0.495 e. The number of hydrogen-bond acceptors (Lipinski definition) is 5. The number of carbonyl (C=O) groups excluding carboxylic acids is 2. The second kappa shape index (κ2) is 8.53. The van der Waals surface area contributed by atoms with E-state index in [0.717, 1.165) is 22.5 Å². The number of carbonyl (C=O) groups is 2. The third-order valence-corrected chi connectivity index (χ3v) is 4.23. The molecule has 0 saturated carbocycles. The van der Waals surface area contributed by atoms with Crippen LogP contribution in [0.2, 0.25) is 0 Å². The fourth-order valence-electron chi connectivity index (χ4n) is 2.60. The first-order valence-corrected chi connectivity index (χ1v) is 8.57. The molecule has 144 valence electrons. The van der Waals surface area contributed by atoms with E-state index < -0.39 is 18.0 Å². The molecule has 1 aromatic heterocycles. The van der Waals surface area contributed by atoms with Crippen LogP contribution in [0.5, 0.6) is 5.75 Å². The molecule has 0 aliphatic rings. The summed E-state index contributed by atoms with van der Waals surface area (Å²) in [5, 5.41) is 7.01. The number of rotatable bonds is 6. The van der Waals surface area contributed by atoms with Gasteiger partial charge in [0, 0.05) is 24.4 Å². The molecule has 7 heteroatoms. The number of ether oxygens (including phenoxy) is 2. The molecule has 0 bridgehead atoms. The maximum Gasteiger partial charge on any atom is 0.331 e. The lowest BCUT2D eigenvalue weighted by Gasteiger charge is -2.15. The molecule has 1 amide bonds. The molecule has 0 radical (unpaired) electrons. The third-order valence-electron chi connectivity index (χ3n) is 4.23. The first kappa shape index (κ1) is 20.2. The Balaban J connectivity index is 2.00. The summed E-state index contributed by atoms with van der Waals surface area (Å²) in [4.78, 5) is 24.4. The first-order chi connectivity index (χ1) is 12.7. The van der Waals surface area contributed by atoms with Gasteiger partial charge in [-0.15, -0.1) is 0 Å². The number of amides is 1. The average molecular weight is 371 g/mol. The normalized spacial score (nSPS) is 12.1. The molecule has 0 spiro atoms. The van der Waals surface area contributed by atoms with Gasteiger partial charge in [0.05, 0.1) is 18.5 Å². The largest absolute Gasteiger partial charge is 0.495 e. The first-order valence-electron chi connectivity index (χ1n) is 8.57. The van der Waals surface area contributed by atoms with E-state index in [1.54, 1.807) is 22.9 Å². The van der Waals surface area contributed by atoms with E-state index in [-0.39, 0.29) is 0 Å². The third kappa shape index (κ3) is 4.97. The SMILES string of the molecule is COc1ccc(C)cc1NC(=O)[C@@H](C)OC(=O)/C=C/c1c(C)nn(C)c1C. The second-order valence-electron chi connectivity index (χ2n) is 6.31. The molecule has 7 nitrogen and oxygen atoms in total. The minimum atomic E-state index is -0.955. The molecule has 0 unspecified atom stereocenters. The number of methoxy groups -OCH3 is 1. The summed E-state index contributed by atoms with van der Waals surface area (Å²) in [5.74, 6) is -0.499. The van der Waals surface area contributed by atoms with Crippen molar-refractivity contribution in [3.8, 4) is 5.75 Å². The molecule has 2 aromatic rings. The maximum absolute atomic E-state index is 12.3. The number of nitrogens with zero attached hydrogens (tertiary/aromatic N) is 2. The maximum atomic E-state index is 12.3. The summed E-state index contributed by atoms with van der Waals surface area (Å²) in [6.45, 7) is 7.20. The fourth-order valence-corrected chi connectivity index (χ4v) is 2.60. The summed E-state index contributed by atoms with van der Waals surface area (Å²) in [6, 6.07) is 5.44. The van der Waals surface area contributed by atoms with Crippen LogP contribution in [0.4, 0.5) is 5.69 Å². The van der Waals surface area contributed by atoms with Crippen molar-refractivity contribution < 1.29 is 19.1 Å². The van der Waals surface area contributed by atoms with Crippen molar-refractivity contribution in [3.63, 3.8) is 0 Å². The molecular formula is C20H25N3O4. The van der Waals surface area contributed by atoms with Crippen LogP contribution in [0.3, 0.4) is 0 Å². The van der Waals surface area contributed by atoms with Gasteiger partial charge in [-0.3, -0.25) is 9.48 Å². The van der Waals surface area contributed by atoms with E-state index in [2.05, 4.69) is 10.4 Å². The van der Waals surface area contributed by atoms with Gasteiger partial charge in [0.1, 0.15) is 5.75 Å². The Morgan fingerprint density at radius 3 is 2.56 bits per heavy atom. The monoisotopic (exact) mass is 371 g/mol. The number of esters is 1. The smallest absolute Gasteiger partial charge is 0.331 e. The van der Waals surface area contributed by atoms with Crippen LogP contribution in [-0.2, 0) is 21.4 Å². The average Bonchev–Trinajstić information content (AvgIpc) is 2.85. The molecule has 1 N–H and O–H groups in total. The van der Waals surface area contributed by atoms with Gasteiger partial charge in [0.25, 0.3) is 5.91 Å². The highest BCUT2D eigenvalue weighted by Gasteiger charge is 2.18. The van der Waals surface area contributed by atoms with Crippen molar-refractivity contribution in [1.82, 2.24) is 9.78 Å². The molecule has 1 aromatic carbocycles. The van der Waals surface area contributed by atoms with E-state index in [0.29, 0.717) is 11.4 Å². The van der Waals surface area contributed by atoms with Crippen LogP contribution in [0, 0.1) is 20.8 Å². The lowest BCUT2D eigenvalue weighted by molar-refractivity contribution is -0.148. The van der Waals surface area contributed by atoms with Gasteiger partial charge >= 0.3 is 5.97 Å². The van der Waals surface area contributed by atoms with Crippen LogP contribution in [0.1, 0.15) is 29.4 Å². The van der Waals surface area contributed by atoms with Crippen LogP contribution in [-0.4, -0.2) is 34.9 Å². The zero-order valence-electron chi connectivity index (χ0n) is 16.5. The standard InChI is InChI=1S/C20H25N3O4/c1-12-7-9-18(26-6)17(11-12)21-20(25)15(4)27-19(24)10-8-16-13(2)22-23(5)14(16)3/h7-11,15H,1-6H3,(H,21,25)/b10-8+/t15-/m1/s1. The fraction of sp³-hybridized carbons (Fsp3) is 0.350. The molecule has 1 atom stereocenters. The van der Waals surface area contributed by atoms with E-state index in [1.807, 2.05) is 33.9 Å². The van der Waals surface area contributed by atoms with Gasteiger partial charge in [-0.1, -0.05) is 6.07 Å². The number of benzene rings is 1. The summed E-state index contributed by atoms with van der Waals surface area (Å²) >= 11 is 0. The number of anilines is 1. The summed E-state index contributed by atoms with van der Waals surface area (Å²) in [5.41, 5.74) is 4.12. The van der Waals surface area contributed by atoms with Gasteiger partial charge in [0.15, 0.2) is 6.10 Å². The summed E-state index contributed by atoms with van der Waals surface area (Å²) < 4.78 is 12.2. The quantitative estimate of drug-likeness (QED) is 0.624. The van der Waals surface area contributed by atoms with Crippen molar-refractivity contribution in [1.29, 1.82) is 0 Å². The Hall–Kier alpha value is -3.09. The summed E-state index contributed by atoms with van der Waals surface area (Å²) in [6.07, 6.45) is 1.99. The predicted octanol–water partition coefficient (Wildman–Crippen LogP) is 2.94. The van der Waals surface area contributed by atoms with E-state index in [9.17, 15) is 9.59 Å². The topological polar surface area (TPSA) is 82.4 Å². The van der Waals surface area contributed by atoms with Crippen molar-refractivity contribution in [2.24, 2.45) is 7.05 Å². The Morgan fingerprint density at radius 1 is 1.26 bits per heavy atom. The highest BCUT2D eigenvalue weighted by Crippen LogP contribution is 2.25. The zero-order valence-corrected chi connectivity index (χ0v) is 16.5. The highest BCUT2D eigenvalue weighted by atomic mass is 16.5. The zero-order chi connectivity index (χ0) is 20.1. The van der Waals surface area contributed by atoms with E-state index in [4.69, 9.17) is 9.47 Å². The number of aromatic nitrogens is 2. The molecule has 27 heavy (non-hydrogen) atoms. The van der Waals surface area contributed by atoms with Crippen LogP contribution >= 0.6 is 0 Å². The number of aryl methyl sites for hydroxylation is 3. The van der Waals surface area contributed by atoms with Gasteiger partial charge in [-0.25, -0.2) is 4.79 Å². The Morgan fingerprint density at radius 2 is 1.96 bits per heavy atom. The van der Waals surface area contributed by atoms with Gasteiger partial charge < -0.3 is 14.8 Å². The lowest BCUT2D eigenvalue weighted by atomic mass is 10.2. The van der Waals surface area contributed by atoms with E-state index >= 15 is 0 Å². The van der Waals surface area contributed by atoms with Crippen molar-refractivity contribution in [2.45, 2.75) is 33.8 Å². The lowest BCUT2D eigenvalue weighted by Crippen LogP contribution is -2.29. The number of nitrogens with one attached hydrogen (secondary N) is 1. The number of hydrogen-bond donors (Lipinski definition) is 1. The van der Waals surface area contributed by atoms with E-state index in [1.165, 1.54) is 20.1 Å². The van der Waals surface area contributed by atoms with Crippen LogP contribution < -0.4 is 10.1 Å². The van der Waals surface area contributed by atoms with Crippen molar-refractivity contribution in [3.05, 3.63) is 46.8 Å². The van der Waals surface area contributed by atoms with Gasteiger partial charge in [-0.05, 0) is 51.5 Å². The Labute approximate surface area is 159 Å². The van der Waals surface area contributed by atoms with Gasteiger partial charge in [-0.2, -0.15) is 5.10 Å². The Kier molecular flexibility index (Phi) is 6.39. The molecule has 0 saturated heterocycles. The van der Waals surface area contributed by atoms with Crippen LogP contribution in [0.15, 0.2) is 24.3 Å². The van der Waals surface area contributed by atoms with Crippen LogP contribution in [0.25, 0.3) is 6.08 Å². The molecule has 0 aliphatic heterocycles. The molecule has 0 fully saturated rings. The second-order valence-corrected chi connectivity index (χ2v) is 6.31. The molecular weight excluding hydrogens is 346 g/mol. The van der Waals surface area contributed by atoms with Gasteiger partial charge in [0.2, 0.25) is 0 Å². The molecule has 0 aliphatic carbocycles. The highest BCUT2D eigenvalue weighted by molar-refractivity contribution is 5.97. The summed E-state index contributed by atoms with van der Waals surface area (Å²) in [7, 11) is 3.36. The molecule has 1 heterocycles.